The van der Waals surface area contributed by atoms with Crippen LogP contribution in [0, 0.1) is 0 Å². The summed E-state index contributed by atoms with van der Waals surface area (Å²) in [7, 11) is 0. The van der Waals surface area contributed by atoms with Crippen molar-refractivity contribution in [2.45, 2.75) is 25.4 Å². The molecule has 2 atom stereocenters. The van der Waals surface area contributed by atoms with E-state index in [1.165, 1.54) is 6.92 Å². The van der Waals surface area contributed by atoms with Crippen LogP contribution in [-0.4, -0.2) is 29.1 Å². The Balaban J connectivity index is 2.68. The van der Waals surface area contributed by atoms with Gasteiger partial charge >= 0.3 is 5.97 Å². The van der Waals surface area contributed by atoms with Gasteiger partial charge in [-0.1, -0.05) is 30.3 Å². The number of carboxylic acids is 1. The van der Waals surface area contributed by atoms with Crippen molar-refractivity contribution in [1.82, 2.24) is 5.32 Å². The Kier molecular flexibility index (Phi) is 4.66. The maximum atomic E-state index is 11.3. The van der Waals surface area contributed by atoms with Crippen LogP contribution in [0.5, 0.6) is 0 Å². The van der Waals surface area contributed by atoms with E-state index in [1.54, 1.807) is 0 Å². The topological polar surface area (TPSA) is 92.4 Å². The second-order valence-corrected chi connectivity index (χ2v) is 3.88. The molecule has 0 aromatic heterocycles. The van der Waals surface area contributed by atoms with E-state index in [9.17, 15) is 9.59 Å². The average Bonchev–Trinajstić information content (AvgIpc) is 2.29. The van der Waals surface area contributed by atoms with Crippen molar-refractivity contribution in [2.24, 2.45) is 5.73 Å². The molecular formula is C12H16N2O3. The highest BCUT2D eigenvalue weighted by atomic mass is 16.4. The van der Waals surface area contributed by atoms with Gasteiger partial charge in [-0.15, -0.1) is 0 Å². The first-order chi connectivity index (χ1) is 8.00. The van der Waals surface area contributed by atoms with Gasteiger partial charge in [0.1, 0.15) is 6.04 Å². The van der Waals surface area contributed by atoms with Crippen LogP contribution in [-0.2, 0) is 16.0 Å². The number of hydrogen-bond acceptors (Lipinski definition) is 3. The van der Waals surface area contributed by atoms with Crippen molar-refractivity contribution in [3.63, 3.8) is 0 Å². The van der Waals surface area contributed by atoms with E-state index in [2.05, 4.69) is 5.32 Å². The largest absolute Gasteiger partial charge is 0.480 e. The third-order valence-corrected chi connectivity index (χ3v) is 2.31. The smallest absolute Gasteiger partial charge is 0.326 e. The third kappa shape index (κ3) is 4.24. The predicted molar refractivity (Wildman–Crippen MR) is 63.4 cm³/mol. The SMILES string of the molecule is CC(N)C(=O)N[C@H](Cc1ccccc1)C(=O)O. The van der Waals surface area contributed by atoms with Crippen molar-refractivity contribution >= 4 is 11.9 Å². The summed E-state index contributed by atoms with van der Waals surface area (Å²) in [6, 6.07) is 7.45. The molecule has 0 heterocycles. The Morgan fingerprint density at radius 1 is 1.35 bits per heavy atom. The van der Waals surface area contributed by atoms with Crippen molar-refractivity contribution in [2.75, 3.05) is 0 Å². The fourth-order valence-electron chi connectivity index (χ4n) is 1.35. The van der Waals surface area contributed by atoms with Crippen molar-refractivity contribution in [3.8, 4) is 0 Å². The minimum Gasteiger partial charge on any atom is -0.480 e. The lowest BCUT2D eigenvalue weighted by atomic mass is 10.1. The normalized spacial score (nSPS) is 13.8. The minimum atomic E-state index is -1.07. The van der Waals surface area contributed by atoms with E-state index in [0.717, 1.165) is 5.56 Å². The first-order valence-corrected chi connectivity index (χ1v) is 5.33. The lowest BCUT2D eigenvalue weighted by molar-refractivity contribution is -0.141. The van der Waals surface area contributed by atoms with Gasteiger partial charge in [-0.05, 0) is 12.5 Å². The second kappa shape index (κ2) is 6.00. The fourth-order valence-corrected chi connectivity index (χ4v) is 1.35. The van der Waals surface area contributed by atoms with Gasteiger partial charge in [0.15, 0.2) is 0 Å². The maximum absolute atomic E-state index is 11.3. The quantitative estimate of drug-likeness (QED) is 0.678. The number of benzene rings is 1. The van der Waals surface area contributed by atoms with Crippen LogP contribution in [0.1, 0.15) is 12.5 Å². The molecular weight excluding hydrogens is 220 g/mol. The number of nitrogens with one attached hydrogen (secondary N) is 1. The summed E-state index contributed by atoms with van der Waals surface area (Å²) < 4.78 is 0. The summed E-state index contributed by atoms with van der Waals surface area (Å²) in [6.45, 7) is 1.51. The fraction of sp³-hybridized carbons (Fsp3) is 0.333. The summed E-state index contributed by atoms with van der Waals surface area (Å²) >= 11 is 0. The second-order valence-electron chi connectivity index (χ2n) is 3.88. The molecule has 5 nitrogen and oxygen atoms in total. The van der Waals surface area contributed by atoms with Crippen molar-refractivity contribution < 1.29 is 14.7 Å². The van der Waals surface area contributed by atoms with Crippen LogP contribution < -0.4 is 11.1 Å². The molecule has 92 valence electrons. The van der Waals surface area contributed by atoms with Crippen LogP contribution in [0.2, 0.25) is 0 Å². The molecule has 0 saturated carbocycles. The Labute approximate surface area is 99.6 Å². The number of carbonyl (C=O) groups excluding carboxylic acids is 1. The Morgan fingerprint density at radius 3 is 2.41 bits per heavy atom. The van der Waals surface area contributed by atoms with Crippen LogP contribution in [0.25, 0.3) is 0 Å². The van der Waals surface area contributed by atoms with Gasteiger partial charge in [0.05, 0.1) is 6.04 Å². The highest BCUT2D eigenvalue weighted by Gasteiger charge is 2.21. The lowest BCUT2D eigenvalue weighted by Gasteiger charge is -2.16. The number of amides is 1. The van der Waals surface area contributed by atoms with E-state index in [1.807, 2.05) is 30.3 Å². The summed E-state index contributed by atoms with van der Waals surface area (Å²) in [6.07, 6.45) is 0.245. The third-order valence-electron chi connectivity index (χ3n) is 2.31. The molecule has 0 aliphatic heterocycles. The molecule has 0 fully saturated rings. The molecule has 5 heteroatoms. The van der Waals surface area contributed by atoms with Crippen LogP contribution in [0.3, 0.4) is 0 Å². The molecule has 17 heavy (non-hydrogen) atoms. The summed E-state index contributed by atoms with van der Waals surface area (Å²) in [5.74, 6) is -1.53. The highest BCUT2D eigenvalue weighted by Crippen LogP contribution is 2.03. The zero-order valence-electron chi connectivity index (χ0n) is 9.59. The van der Waals surface area contributed by atoms with Crippen molar-refractivity contribution in [1.29, 1.82) is 0 Å². The summed E-state index contributed by atoms with van der Waals surface area (Å²) in [4.78, 5) is 22.4. The van der Waals surface area contributed by atoms with Gasteiger partial charge in [-0.25, -0.2) is 4.79 Å². The predicted octanol–water partition coefficient (Wildman–Crippen LogP) is 0.146. The number of carboxylic acid groups (broad SMARTS) is 1. The number of rotatable bonds is 5. The van der Waals surface area contributed by atoms with Gasteiger partial charge in [-0.2, -0.15) is 0 Å². The molecule has 1 unspecified atom stereocenters. The number of nitrogens with two attached hydrogens (primary N) is 1. The van der Waals surface area contributed by atoms with E-state index < -0.39 is 24.0 Å². The number of carbonyl (C=O) groups is 2. The lowest BCUT2D eigenvalue weighted by Crippen LogP contribution is -2.48. The van der Waals surface area contributed by atoms with E-state index in [4.69, 9.17) is 10.8 Å². The molecule has 0 spiro atoms. The molecule has 0 saturated heterocycles. The van der Waals surface area contributed by atoms with E-state index >= 15 is 0 Å². The molecule has 0 bridgehead atoms. The summed E-state index contributed by atoms with van der Waals surface area (Å²) in [5.41, 5.74) is 6.22. The maximum Gasteiger partial charge on any atom is 0.326 e. The average molecular weight is 236 g/mol. The van der Waals surface area contributed by atoms with Gasteiger partial charge in [0.25, 0.3) is 0 Å². The molecule has 0 radical (unpaired) electrons. The molecule has 0 aliphatic carbocycles. The van der Waals surface area contributed by atoms with Crippen LogP contribution in [0.4, 0.5) is 0 Å². The molecule has 4 N–H and O–H groups in total. The number of hydrogen-bond donors (Lipinski definition) is 3. The van der Waals surface area contributed by atoms with E-state index in [-0.39, 0.29) is 6.42 Å². The Bertz CT molecular complexity index is 390. The van der Waals surface area contributed by atoms with Gasteiger partial charge in [-0.3, -0.25) is 4.79 Å². The Hall–Kier alpha value is -1.88. The standard InChI is InChI=1S/C12H16N2O3/c1-8(13)11(15)14-10(12(16)17)7-9-5-3-2-4-6-9/h2-6,8,10H,7,13H2,1H3,(H,14,15)(H,16,17)/t8?,10-/m1/s1. The van der Waals surface area contributed by atoms with Gasteiger partial charge in [0, 0.05) is 6.42 Å². The molecule has 0 aliphatic rings. The van der Waals surface area contributed by atoms with Gasteiger partial charge < -0.3 is 16.2 Å². The number of aliphatic carboxylic acids is 1. The molecule has 1 amide bonds. The molecule has 1 aromatic carbocycles. The zero-order valence-corrected chi connectivity index (χ0v) is 9.59. The minimum absolute atomic E-state index is 0.245. The van der Waals surface area contributed by atoms with Crippen LogP contribution >= 0.6 is 0 Å². The zero-order chi connectivity index (χ0) is 12.8. The molecule has 1 rings (SSSR count). The van der Waals surface area contributed by atoms with Crippen LogP contribution in [0.15, 0.2) is 30.3 Å². The summed E-state index contributed by atoms with van der Waals surface area (Å²) in [5, 5.41) is 11.4. The van der Waals surface area contributed by atoms with E-state index in [0.29, 0.717) is 0 Å². The van der Waals surface area contributed by atoms with Crippen molar-refractivity contribution in [3.05, 3.63) is 35.9 Å². The highest BCUT2D eigenvalue weighted by molar-refractivity contribution is 5.86. The monoisotopic (exact) mass is 236 g/mol. The first-order valence-electron chi connectivity index (χ1n) is 5.33. The Morgan fingerprint density at radius 2 is 1.94 bits per heavy atom. The van der Waals surface area contributed by atoms with Gasteiger partial charge in [0.2, 0.25) is 5.91 Å². The molecule has 1 aromatic rings. The first kappa shape index (κ1) is 13.2.